The summed E-state index contributed by atoms with van der Waals surface area (Å²) in [5.41, 5.74) is 0.421. The van der Waals surface area contributed by atoms with E-state index in [4.69, 9.17) is 25.8 Å². The zero-order chi connectivity index (χ0) is 20.4. The third-order valence-corrected chi connectivity index (χ3v) is 3.35. The van der Waals surface area contributed by atoms with Crippen molar-refractivity contribution in [2.24, 2.45) is 0 Å². The summed E-state index contributed by atoms with van der Waals surface area (Å²) in [5, 5.41) is 12.1. The van der Waals surface area contributed by atoms with Crippen LogP contribution in [0, 0.1) is 11.3 Å². The second kappa shape index (κ2) is 11.1. The largest absolute Gasteiger partial charge is 0.490 e. The molecule has 0 fully saturated rings. The SMILES string of the molecule is CCOC(=O)COc1c(Cl)cc(/C=C(/C#N)C(=O)NC(C)C)cc1OCC. The van der Waals surface area contributed by atoms with Crippen LogP contribution in [0.4, 0.5) is 0 Å². The lowest BCUT2D eigenvalue weighted by atomic mass is 10.1. The minimum Gasteiger partial charge on any atom is -0.490 e. The van der Waals surface area contributed by atoms with Gasteiger partial charge in [-0.1, -0.05) is 11.6 Å². The predicted molar refractivity (Wildman–Crippen MR) is 102 cm³/mol. The Labute approximate surface area is 163 Å². The minimum absolute atomic E-state index is 0.0672. The fourth-order valence-electron chi connectivity index (χ4n) is 2.06. The summed E-state index contributed by atoms with van der Waals surface area (Å²) in [4.78, 5) is 23.5. The maximum atomic E-state index is 12.0. The quantitative estimate of drug-likeness (QED) is 0.392. The Balaban J connectivity index is 3.17. The topological polar surface area (TPSA) is 97.7 Å². The van der Waals surface area contributed by atoms with E-state index in [0.717, 1.165) is 0 Å². The highest BCUT2D eigenvalue weighted by molar-refractivity contribution is 6.32. The number of esters is 1. The molecule has 146 valence electrons. The smallest absolute Gasteiger partial charge is 0.344 e. The third-order valence-electron chi connectivity index (χ3n) is 3.07. The van der Waals surface area contributed by atoms with Crippen molar-refractivity contribution in [3.8, 4) is 17.6 Å². The van der Waals surface area contributed by atoms with Gasteiger partial charge in [-0.15, -0.1) is 0 Å². The van der Waals surface area contributed by atoms with E-state index in [9.17, 15) is 14.9 Å². The van der Waals surface area contributed by atoms with Gasteiger partial charge in [0.2, 0.25) is 0 Å². The summed E-state index contributed by atoms with van der Waals surface area (Å²) in [6.45, 7) is 7.33. The van der Waals surface area contributed by atoms with Gasteiger partial charge >= 0.3 is 5.97 Å². The molecule has 0 spiro atoms. The van der Waals surface area contributed by atoms with E-state index < -0.39 is 11.9 Å². The van der Waals surface area contributed by atoms with E-state index in [-0.39, 0.29) is 35.6 Å². The van der Waals surface area contributed by atoms with Crippen LogP contribution >= 0.6 is 11.6 Å². The van der Waals surface area contributed by atoms with Gasteiger partial charge < -0.3 is 19.5 Å². The van der Waals surface area contributed by atoms with Crippen molar-refractivity contribution < 1.29 is 23.8 Å². The Hall–Kier alpha value is -2.72. The van der Waals surface area contributed by atoms with Crippen molar-refractivity contribution in [3.63, 3.8) is 0 Å². The number of hydrogen-bond donors (Lipinski definition) is 1. The average molecular weight is 395 g/mol. The van der Waals surface area contributed by atoms with Crippen molar-refractivity contribution in [2.75, 3.05) is 19.8 Å². The first-order chi connectivity index (χ1) is 12.8. The Morgan fingerprint density at radius 3 is 2.52 bits per heavy atom. The number of carbonyl (C=O) groups excluding carboxylic acids is 2. The van der Waals surface area contributed by atoms with Gasteiger partial charge in [0.15, 0.2) is 18.1 Å². The number of benzene rings is 1. The molecule has 0 aliphatic carbocycles. The molecule has 0 radical (unpaired) electrons. The van der Waals surface area contributed by atoms with E-state index >= 15 is 0 Å². The van der Waals surface area contributed by atoms with Crippen molar-refractivity contribution >= 4 is 29.6 Å². The number of rotatable bonds is 9. The lowest BCUT2D eigenvalue weighted by Crippen LogP contribution is -2.30. The number of ether oxygens (including phenoxy) is 3. The van der Waals surface area contributed by atoms with Gasteiger partial charge in [0.25, 0.3) is 5.91 Å². The van der Waals surface area contributed by atoms with E-state index in [0.29, 0.717) is 17.9 Å². The highest BCUT2D eigenvalue weighted by Crippen LogP contribution is 2.37. The lowest BCUT2D eigenvalue weighted by Gasteiger charge is -2.14. The van der Waals surface area contributed by atoms with Crippen molar-refractivity contribution in [1.82, 2.24) is 5.32 Å². The zero-order valence-electron chi connectivity index (χ0n) is 15.8. The van der Waals surface area contributed by atoms with E-state index in [1.54, 1.807) is 33.8 Å². The molecular weight excluding hydrogens is 372 g/mol. The highest BCUT2D eigenvalue weighted by atomic mass is 35.5. The zero-order valence-corrected chi connectivity index (χ0v) is 16.6. The summed E-state index contributed by atoms with van der Waals surface area (Å²) in [6.07, 6.45) is 1.40. The standard InChI is InChI=1S/C19H23ClN2O5/c1-5-25-16-9-13(7-14(10-21)19(24)22-12(3)4)8-15(20)18(16)27-11-17(23)26-6-2/h7-9,12H,5-6,11H2,1-4H3,(H,22,24)/b14-7-. The first-order valence-corrected chi connectivity index (χ1v) is 8.87. The number of nitriles is 1. The molecule has 0 aromatic heterocycles. The van der Waals surface area contributed by atoms with E-state index in [2.05, 4.69) is 5.32 Å². The maximum Gasteiger partial charge on any atom is 0.344 e. The number of amides is 1. The van der Waals surface area contributed by atoms with Gasteiger partial charge in [0.1, 0.15) is 11.6 Å². The number of nitrogens with one attached hydrogen (secondary N) is 1. The van der Waals surface area contributed by atoms with Gasteiger partial charge in [-0.2, -0.15) is 5.26 Å². The summed E-state index contributed by atoms with van der Waals surface area (Å²) >= 11 is 6.25. The van der Waals surface area contributed by atoms with Crippen LogP contribution in [0.1, 0.15) is 33.3 Å². The molecule has 0 atom stereocenters. The predicted octanol–water partition coefficient (Wildman–Crippen LogP) is 3.11. The van der Waals surface area contributed by atoms with Crippen LogP contribution in [0.5, 0.6) is 11.5 Å². The molecular formula is C19H23ClN2O5. The normalized spacial score (nSPS) is 10.9. The average Bonchev–Trinajstić information content (AvgIpc) is 2.58. The Morgan fingerprint density at radius 1 is 1.26 bits per heavy atom. The van der Waals surface area contributed by atoms with Crippen LogP contribution in [0.2, 0.25) is 5.02 Å². The number of carbonyl (C=O) groups is 2. The van der Waals surface area contributed by atoms with Gasteiger partial charge in [0, 0.05) is 6.04 Å². The Bertz CT molecular complexity index is 753. The monoisotopic (exact) mass is 394 g/mol. The molecule has 0 aliphatic heterocycles. The summed E-state index contributed by atoms with van der Waals surface area (Å²) in [6, 6.07) is 4.86. The minimum atomic E-state index is -0.530. The fourth-order valence-corrected chi connectivity index (χ4v) is 2.34. The fraction of sp³-hybridized carbons (Fsp3) is 0.421. The summed E-state index contributed by atoms with van der Waals surface area (Å²) in [5.74, 6) is -0.530. The first-order valence-electron chi connectivity index (χ1n) is 8.49. The maximum absolute atomic E-state index is 12.0. The Morgan fingerprint density at radius 2 is 1.96 bits per heavy atom. The summed E-state index contributed by atoms with van der Waals surface area (Å²) < 4.78 is 15.8. The number of hydrogen-bond acceptors (Lipinski definition) is 6. The molecule has 1 rings (SSSR count). The molecule has 0 bridgehead atoms. The van der Waals surface area contributed by atoms with Crippen molar-refractivity contribution in [3.05, 3.63) is 28.3 Å². The van der Waals surface area contributed by atoms with Crippen LogP contribution in [-0.2, 0) is 14.3 Å². The highest BCUT2D eigenvalue weighted by Gasteiger charge is 2.16. The van der Waals surface area contributed by atoms with Gasteiger partial charge in [-0.05, 0) is 51.5 Å². The second-order valence-electron chi connectivity index (χ2n) is 5.65. The molecule has 7 nitrogen and oxygen atoms in total. The van der Waals surface area contributed by atoms with Crippen LogP contribution in [-0.4, -0.2) is 37.7 Å². The first kappa shape index (κ1) is 22.3. The second-order valence-corrected chi connectivity index (χ2v) is 6.06. The van der Waals surface area contributed by atoms with E-state index in [1.807, 2.05) is 6.07 Å². The van der Waals surface area contributed by atoms with Crippen LogP contribution in [0.3, 0.4) is 0 Å². The molecule has 0 aliphatic rings. The molecule has 1 aromatic carbocycles. The van der Waals surface area contributed by atoms with Crippen molar-refractivity contribution in [1.29, 1.82) is 5.26 Å². The van der Waals surface area contributed by atoms with Gasteiger partial charge in [-0.3, -0.25) is 4.79 Å². The molecule has 27 heavy (non-hydrogen) atoms. The molecule has 1 N–H and O–H groups in total. The lowest BCUT2D eigenvalue weighted by molar-refractivity contribution is -0.145. The van der Waals surface area contributed by atoms with Crippen LogP contribution < -0.4 is 14.8 Å². The van der Waals surface area contributed by atoms with Crippen LogP contribution in [0.25, 0.3) is 6.08 Å². The summed E-state index contributed by atoms with van der Waals surface area (Å²) in [7, 11) is 0. The van der Waals surface area contributed by atoms with E-state index in [1.165, 1.54) is 12.1 Å². The Kier molecular flexibility index (Phi) is 9.17. The van der Waals surface area contributed by atoms with Gasteiger partial charge in [0.05, 0.1) is 18.2 Å². The van der Waals surface area contributed by atoms with Crippen molar-refractivity contribution in [2.45, 2.75) is 33.7 Å². The third kappa shape index (κ3) is 7.19. The molecule has 8 heteroatoms. The molecule has 0 unspecified atom stereocenters. The number of halogens is 1. The molecule has 1 amide bonds. The molecule has 1 aromatic rings. The number of nitrogens with zero attached hydrogens (tertiary/aromatic N) is 1. The molecule has 0 heterocycles. The molecule has 0 saturated carbocycles. The van der Waals surface area contributed by atoms with Crippen LogP contribution in [0.15, 0.2) is 17.7 Å². The molecule has 0 saturated heterocycles. The van der Waals surface area contributed by atoms with Gasteiger partial charge in [-0.25, -0.2) is 4.79 Å².